The molecular weight excluding hydrogens is 250 g/mol. The molecule has 0 saturated heterocycles. The van der Waals surface area contributed by atoms with Crippen molar-refractivity contribution in [3.63, 3.8) is 0 Å². The molecule has 2 aromatic rings. The van der Waals surface area contributed by atoms with E-state index in [2.05, 4.69) is 27.3 Å². The maximum absolute atomic E-state index is 12.0. The van der Waals surface area contributed by atoms with Crippen LogP contribution in [0.25, 0.3) is 0 Å². The molecule has 2 heterocycles. The Morgan fingerprint density at radius 3 is 3.00 bits per heavy atom. The molecule has 1 aliphatic rings. The lowest BCUT2D eigenvalue weighted by atomic mass is 10.2. The first-order valence-electron chi connectivity index (χ1n) is 6.81. The number of rotatable bonds is 4. The Labute approximate surface area is 118 Å². The molecule has 0 aliphatic carbocycles. The summed E-state index contributed by atoms with van der Waals surface area (Å²) < 4.78 is 0. The monoisotopic (exact) mass is 267 g/mol. The van der Waals surface area contributed by atoms with E-state index in [1.807, 2.05) is 24.3 Å². The number of hydrogen-bond donors (Lipinski definition) is 1. The fourth-order valence-corrected chi connectivity index (χ4v) is 2.50. The molecule has 4 nitrogen and oxygen atoms in total. The number of carbonyl (C=O) groups is 1. The highest BCUT2D eigenvalue weighted by molar-refractivity contribution is 5.82. The summed E-state index contributed by atoms with van der Waals surface area (Å²) in [5.74, 6) is 0.0468. The number of pyridine rings is 1. The summed E-state index contributed by atoms with van der Waals surface area (Å²) in [6.45, 7) is 1.86. The zero-order valence-corrected chi connectivity index (χ0v) is 11.2. The van der Waals surface area contributed by atoms with Crippen molar-refractivity contribution in [2.75, 3.05) is 18.0 Å². The van der Waals surface area contributed by atoms with Gasteiger partial charge in [-0.3, -0.25) is 9.78 Å². The fraction of sp³-hybridized carbons (Fsp3) is 0.250. The largest absolute Gasteiger partial charge is 0.362 e. The number of amides is 1. The Bertz CT molecular complexity index is 598. The minimum atomic E-state index is 0.0468. The third-order valence-corrected chi connectivity index (χ3v) is 3.53. The summed E-state index contributed by atoms with van der Waals surface area (Å²) in [7, 11) is 0. The van der Waals surface area contributed by atoms with Gasteiger partial charge in [0, 0.05) is 31.2 Å². The molecule has 3 rings (SSSR count). The van der Waals surface area contributed by atoms with Crippen molar-refractivity contribution < 1.29 is 4.79 Å². The number of aromatic nitrogens is 1. The molecule has 0 atom stereocenters. The summed E-state index contributed by atoms with van der Waals surface area (Å²) in [5.41, 5.74) is 3.53. The van der Waals surface area contributed by atoms with Crippen molar-refractivity contribution in [2.45, 2.75) is 13.0 Å². The van der Waals surface area contributed by atoms with E-state index < -0.39 is 0 Å². The lowest BCUT2D eigenvalue weighted by Gasteiger charge is -2.18. The van der Waals surface area contributed by atoms with Crippen molar-refractivity contribution in [1.82, 2.24) is 10.3 Å². The molecule has 0 spiro atoms. The number of anilines is 1. The van der Waals surface area contributed by atoms with Gasteiger partial charge in [0.1, 0.15) is 0 Å². The van der Waals surface area contributed by atoms with Gasteiger partial charge in [0.05, 0.1) is 6.54 Å². The lowest BCUT2D eigenvalue weighted by molar-refractivity contribution is -0.119. The minimum absolute atomic E-state index is 0.0468. The van der Waals surface area contributed by atoms with Gasteiger partial charge < -0.3 is 10.2 Å². The molecule has 1 aromatic carbocycles. The van der Waals surface area contributed by atoms with Crippen molar-refractivity contribution in [2.24, 2.45) is 0 Å². The van der Waals surface area contributed by atoms with Crippen LogP contribution in [0.4, 0.5) is 5.69 Å². The molecule has 0 bridgehead atoms. The van der Waals surface area contributed by atoms with Crippen molar-refractivity contribution in [3.8, 4) is 0 Å². The molecule has 102 valence electrons. The maximum Gasteiger partial charge on any atom is 0.239 e. The van der Waals surface area contributed by atoms with Crippen LogP contribution in [0.5, 0.6) is 0 Å². The van der Waals surface area contributed by atoms with Crippen molar-refractivity contribution >= 4 is 11.6 Å². The van der Waals surface area contributed by atoms with E-state index in [1.54, 1.807) is 12.4 Å². The van der Waals surface area contributed by atoms with Gasteiger partial charge >= 0.3 is 0 Å². The predicted molar refractivity (Wildman–Crippen MR) is 78.4 cm³/mol. The van der Waals surface area contributed by atoms with Crippen LogP contribution in [0.15, 0.2) is 48.8 Å². The van der Waals surface area contributed by atoms with Crippen LogP contribution in [0.1, 0.15) is 11.1 Å². The summed E-state index contributed by atoms with van der Waals surface area (Å²) >= 11 is 0. The van der Waals surface area contributed by atoms with Gasteiger partial charge in [-0.15, -0.1) is 0 Å². The second kappa shape index (κ2) is 5.74. The van der Waals surface area contributed by atoms with E-state index in [0.717, 1.165) is 18.5 Å². The molecular formula is C16H17N3O. The predicted octanol–water partition coefficient (Wildman–Crippen LogP) is 1.76. The SMILES string of the molecule is O=C(CN1CCc2ccccc21)NCc1cccnc1. The second-order valence-electron chi connectivity index (χ2n) is 4.94. The van der Waals surface area contributed by atoms with E-state index >= 15 is 0 Å². The zero-order valence-electron chi connectivity index (χ0n) is 11.2. The Kier molecular flexibility index (Phi) is 3.63. The van der Waals surface area contributed by atoms with Gasteiger partial charge in [0.25, 0.3) is 0 Å². The van der Waals surface area contributed by atoms with E-state index in [9.17, 15) is 4.79 Å². The highest BCUT2D eigenvalue weighted by Crippen LogP contribution is 2.26. The van der Waals surface area contributed by atoms with Crippen LogP contribution in [-0.2, 0) is 17.8 Å². The summed E-state index contributed by atoms with van der Waals surface area (Å²) in [6, 6.07) is 12.1. The zero-order chi connectivity index (χ0) is 13.8. The normalized spacial score (nSPS) is 13.1. The standard InChI is InChI=1S/C16H17N3O/c20-16(18-11-13-4-3-8-17-10-13)12-19-9-7-14-5-1-2-6-15(14)19/h1-6,8,10H,7,9,11-12H2,(H,18,20). The van der Waals surface area contributed by atoms with Gasteiger partial charge in [-0.25, -0.2) is 0 Å². The molecule has 0 radical (unpaired) electrons. The first kappa shape index (κ1) is 12.7. The number of hydrogen-bond acceptors (Lipinski definition) is 3. The van der Waals surface area contributed by atoms with Gasteiger partial charge in [0.15, 0.2) is 0 Å². The number of para-hydroxylation sites is 1. The molecule has 0 saturated carbocycles. The number of nitrogens with zero attached hydrogens (tertiary/aromatic N) is 2. The summed E-state index contributed by atoms with van der Waals surface area (Å²) in [5, 5.41) is 2.94. The Morgan fingerprint density at radius 1 is 1.25 bits per heavy atom. The molecule has 1 N–H and O–H groups in total. The molecule has 1 amide bonds. The van der Waals surface area contributed by atoms with Gasteiger partial charge in [-0.05, 0) is 29.7 Å². The fourth-order valence-electron chi connectivity index (χ4n) is 2.50. The highest BCUT2D eigenvalue weighted by Gasteiger charge is 2.20. The van der Waals surface area contributed by atoms with Crippen molar-refractivity contribution in [1.29, 1.82) is 0 Å². The molecule has 0 fully saturated rings. The lowest BCUT2D eigenvalue weighted by Crippen LogP contribution is -2.36. The molecule has 1 aliphatic heterocycles. The minimum Gasteiger partial charge on any atom is -0.362 e. The first-order valence-corrected chi connectivity index (χ1v) is 6.81. The second-order valence-corrected chi connectivity index (χ2v) is 4.94. The number of nitrogens with one attached hydrogen (secondary N) is 1. The average Bonchev–Trinajstić information content (AvgIpc) is 2.90. The molecule has 20 heavy (non-hydrogen) atoms. The van der Waals surface area contributed by atoms with Crippen LogP contribution < -0.4 is 10.2 Å². The van der Waals surface area contributed by atoms with Crippen LogP contribution in [0.3, 0.4) is 0 Å². The molecule has 0 unspecified atom stereocenters. The smallest absolute Gasteiger partial charge is 0.239 e. The number of carbonyl (C=O) groups excluding carboxylic acids is 1. The van der Waals surface area contributed by atoms with Crippen LogP contribution in [-0.4, -0.2) is 24.0 Å². The summed E-state index contributed by atoms with van der Waals surface area (Å²) in [6.07, 6.45) is 4.52. The third kappa shape index (κ3) is 2.79. The third-order valence-electron chi connectivity index (χ3n) is 3.53. The van der Waals surface area contributed by atoms with Crippen LogP contribution in [0.2, 0.25) is 0 Å². The quantitative estimate of drug-likeness (QED) is 0.918. The summed E-state index contributed by atoms with van der Waals surface area (Å²) in [4.78, 5) is 18.2. The van der Waals surface area contributed by atoms with Crippen LogP contribution in [0, 0.1) is 0 Å². The van der Waals surface area contributed by atoms with Gasteiger partial charge in [-0.2, -0.15) is 0 Å². The van der Waals surface area contributed by atoms with Gasteiger partial charge in [-0.1, -0.05) is 24.3 Å². The van der Waals surface area contributed by atoms with E-state index in [-0.39, 0.29) is 5.91 Å². The number of fused-ring (bicyclic) bond motifs is 1. The van der Waals surface area contributed by atoms with Crippen molar-refractivity contribution in [3.05, 3.63) is 59.9 Å². The van der Waals surface area contributed by atoms with E-state index in [1.165, 1.54) is 11.3 Å². The Morgan fingerprint density at radius 2 is 2.15 bits per heavy atom. The van der Waals surface area contributed by atoms with Crippen LogP contribution >= 0.6 is 0 Å². The maximum atomic E-state index is 12.0. The van der Waals surface area contributed by atoms with E-state index in [4.69, 9.17) is 0 Å². The Balaban J connectivity index is 1.55. The first-order chi connectivity index (χ1) is 9.83. The highest BCUT2D eigenvalue weighted by atomic mass is 16.2. The topological polar surface area (TPSA) is 45.2 Å². The van der Waals surface area contributed by atoms with E-state index in [0.29, 0.717) is 13.1 Å². The van der Waals surface area contributed by atoms with Gasteiger partial charge in [0.2, 0.25) is 5.91 Å². The Hall–Kier alpha value is -2.36. The average molecular weight is 267 g/mol. The number of benzene rings is 1. The molecule has 4 heteroatoms. The molecule has 1 aromatic heterocycles.